The fourth-order valence-electron chi connectivity index (χ4n) is 1.34. The van der Waals surface area contributed by atoms with Crippen LogP contribution in [0.4, 0.5) is 0 Å². The molecule has 0 aromatic rings. The van der Waals surface area contributed by atoms with Crippen LogP contribution in [0.1, 0.15) is 29.1 Å². The van der Waals surface area contributed by atoms with E-state index in [1.807, 2.05) is 0 Å². The maximum Gasteiger partial charge on any atom is 1.00 e. The molecule has 0 aromatic carbocycles. The summed E-state index contributed by atoms with van der Waals surface area (Å²) in [5.41, 5.74) is 0. The minimum atomic E-state index is 0. The smallest absolute Gasteiger partial charge is 1.00 e. The molecular weight excluding hydrogens is 133 g/mol. The van der Waals surface area contributed by atoms with Gasteiger partial charge < -0.3 is 5.91 Å². The molecule has 0 saturated heterocycles. The van der Waals surface area contributed by atoms with Crippen LogP contribution < -0.4 is 29.6 Å². The van der Waals surface area contributed by atoms with E-state index >= 15 is 0 Å². The van der Waals surface area contributed by atoms with Gasteiger partial charge in [-0.3, -0.25) is 0 Å². The van der Waals surface area contributed by atoms with E-state index in [1.54, 1.807) is 0 Å². The summed E-state index contributed by atoms with van der Waals surface area (Å²) in [4.78, 5) is 0. The van der Waals surface area contributed by atoms with Crippen LogP contribution in [0.3, 0.4) is 0 Å². The second kappa shape index (κ2) is 6.66. The van der Waals surface area contributed by atoms with E-state index in [-0.39, 0.29) is 31.0 Å². The molecule has 58 valence electrons. The van der Waals surface area contributed by atoms with Crippen LogP contribution in [0.15, 0.2) is 0 Å². The van der Waals surface area contributed by atoms with Gasteiger partial charge in [0.1, 0.15) is 0 Å². The molecule has 0 atom stereocenters. The molecule has 2 heteroatoms. The first-order chi connectivity index (χ1) is 4.24. The third-order valence-electron chi connectivity index (χ3n) is 2.68. The molecule has 0 aliphatic heterocycles. The third kappa shape index (κ3) is 3.38. The predicted octanol–water partition coefficient (Wildman–Crippen LogP) is -1.00. The molecule has 0 rings (SSSR count). The summed E-state index contributed by atoms with van der Waals surface area (Å²) in [6.07, 6.45) is 0. The molecule has 0 radical (unpaired) electrons. The minimum Gasteiger partial charge on any atom is -1.00 e. The summed E-state index contributed by atoms with van der Waals surface area (Å²) in [7, 11) is 0. The SMILES string of the molecule is CC[N+](CC)(CC)CC.[H-].[Na+]. The number of rotatable bonds is 4. The van der Waals surface area contributed by atoms with Crippen LogP contribution in [-0.2, 0) is 0 Å². The van der Waals surface area contributed by atoms with E-state index in [0.29, 0.717) is 0 Å². The molecule has 0 aliphatic rings. The zero-order chi connectivity index (χ0) is 7.33. The Hall–Kier alpha value is 0.960. The van der Waals surface area contributed by atoms with Crippen molar-refractivity contribution < 1.29 is 35.5 Å². The van der Waals surface area contributed by atoms with E-state index in [4.69, 9.17) is 0 Å². The molecular formula is C8H21NNa+. The maximum atomic E-state index is 2.27. The largest absolute Gasteiger partial charge is 1.00 e. The average molecular weight is 154 g/mol. The topological polar surface area (TPSA) is 0 Å². The molecule has 0 N–H and O–H groups in total. The second-order valence-corrected chi connectivity index (χ2v) is 2.61. The number of hydrogen-bond donors (Lipinski definition) is 0. The van der Waals surface area contributed by atoms with Crippen molar-refractivity contribution in [3.8, 4) is 0 Å². The first-order valence-corrected chi connectivity index (χ1v) is 4.09. The van der Waals surface area contributed by atoms with Gasteiger partial charge in [0.15, 0.2) is 0 Å². The Morgan fingerprint density at radius 1 is 0.800 bits per heavy atom. The summed E-state index contributed by atoms with van der Waals surface area (Å²) >= 11 is 0. The molecule has 0 unspecified atom stereocenters. The Balaban J connectivity index is -0.000000320. The van der Waals surface area contributed by atoms with Crippen molar-refractivity contribution in [2.24, 2.45) is 0 Å². The third-order valence-corrected chi connectivity index (χ3v) is 2.68. The minimum absolute atomic E-state index is 0. The van der Waals surface area contributed by atoms with E-state index in [9.17, 15) is 0 Å². The van der Waals surface area contributed by atoms with E-state index in [2.05, 4.69) is 27.7 Å². The Labute approximate surface area is 89.2 Å². The normalized spacial score (nSPS) is 10.8. The first-order valence-electron chi connectivity index (χ1n) is 4.09. The van der Waals surface area contributed by atoms with Crippen molar-refractivity contribution in [3.05, 3.63) is 0 Å². The van der Waals surface area contributed by atoms with Crippen molar-refractivity contribution in [2.45, 2.75) is 27.7 Å². The average Bonchev–Trinajstić information content (AvgIpc) is 1.95. The van der Waals surface area contributed by atoms with Crippen LogP contribution in [0, 0.1) is 0 Å². The molecule has 0 fully saturated rings. The molecule has 0 aromatic heterocycles. The molecule has 0 saturated carbocycles. The summed E-state index contributed by atoms with van der Waals surface area (Å²) in [6, 6.07) is 0. The monoisotopic (exact) mass is 154 g/mol. The van der Waals surface area contributed by atoms with Crippen molar-refractivity contribution in [1.29, 1.82) is 0 Å². The summed E-state index contributed by atoms with van der Waals surface area (Å²) in [5, 5.41) is 0. The zero-order valence-corrected chi connectivity index (χ0v) is 10.3. The van der Waals surface area contributed by atoms with Crippen LogP contribution in [0.5, 0.6) is 0 Å². The molecule has 0 heterocycles. The van der Waals surface area contributed by atoms with Crippen LogP contribution in [0.25, 0.3) is 0 Å². The van der Waals surface area contributed by atoms with E-state index < -0.39 is 0 Å². The number of nitrogens with zero attached hydrogens (tertiary/aromatic N) is 1. The summed E-state index contributed by atoms with van der Waals surface area (Å²) in [5.74, 6) is 0. The molecule has 0 bridgehead atoms. The van der Waals surface area contributed by atoms with Gasteiger partial charge in [0.05, 0.1) is 26.2 Å². The standard InChI is InChI=1S/C8H20N.Na.H/c1-5-9(6-2,7-3)8-4;;/h5-8H2,1-4H3;;/q2*+1;-1. The van der Waals surface area contributed by atoms with Gasteiger partial charge in [-0.1, -0.05) is 0 Å². The van der Waals surface area contributed by atoms with Gasteiger partial charge in [0, 0.05) is 0 Å². The molecule has 10 heavy (non-hydrogen) atoms. The number of quaternary nitrogens is 1. The predicted molar refractivity (Wildman–Crippen MR) is 43.5 cm³/mol. The Bertz CT molecular complexity index is 57.0. The quantitative estimate of drug-likeness (QED) is 0.360. The summed E-state index contributed by atoms with van der Waals surface area (Å²) in [6.45, 7) is 14.2. The van der Waals surface area contributed by atoms with Crippen LogP contribution >= 0.6 is 0 Å². The zero-order valence-electron chi connectivity index (χ0n) is 9.28. The van der Waals surface area contributed by atoms with Gasteiger partial charge in [0.2, 0.25) is 0 Å². The van der Waals surface area contributed by atoms with E-state index in [0.717, 1.165) is 0 Å². The Morgan fingerprint density at radius 2 is 1.00 bits per heavy atom. The van der Waals surface area contributed by atoms with Crippen molar-refractivity contribution in [1.82, 2.24) is 0 Å². The maximum absolute atomic E-state index is 2.27. The number of hydrogen-bond acceptors (Lipinski definition) is 0. The Morgan fingerprint density at radius 3 is 1.00 bits per heavy atom. The molecule has 0 amide bonds. The van der Waals surface area contributed by atoms with E-state index in [1.165, 1.54) is 30.7 Å². The first kappa shape index (κ1) is 13.5. The Kier molecular flexibility index (Phi) is 9.02. The van der Waals surface area contributed by atoms with Gasteiger partial charge in [-0.05, 0) is 27.7 Å². The van der Waals surface area contributed by atoms with Crippen LogP contribution in [0.2, 0.25) is 0 Å². The fourth-order valence-corrected chi connectivity index (χ4v) is 1.34. The molecule has 0 spiro atoms. The molecule has 1 nitrogen and oxygen atoms in total. The molecule has 0 aliphatic carbocycles. The summed E-state index contributed by atoms with van der Waals surface area (Å²) < 4.78 is 1.28. The van der Waals surface area contributed by atoms with Gasteiger partial charge in [-0.2, -0.15) is 0 Å². The van der Waals surface area contributed by atoms with Crippen molar-refractivity contribution >= 4 is 0 Å². The van der Waals surface area contributed by atoms with Crippen molar-refractivity contribution in [2.75, 3.05) is 26.2 Å². The van der Waals surface area contributed by atoms with Gasteiger partial charge in [-0.15, -0.1) is 0 Å². The van der Waals surface area contributed by atoms with Gasteiger partial charge in [-0.25, -0.2) is 0 Å². The fraction of sp³-hybridized carbons (Fsp3) is 1.00. The van der Waals surface area contributed by atoms with Gasteiger partial charge in [0.25, 0.3) is 0 Å². The van der Waals surface area contributed by atoms with Crippen molar-refractivity contribution in [3.63, 3.8) is 0 Å². The van der Waals surface area contributed by atoms with Crippen LogP contribution in [-0.4, -0.2) is 30.7 Å². The van der Waals surface area contributed by atoms with Gasteiger partial charge >= 0.3 is 29.6 Å². The second-order valence-electron chi connectivity index (χ2n) is 2.61.